The number of methoxy groups -OCH3 is 1. The molecule has 2 aliphatic heterocycles. The quantitative estimate of drug-likeness (QED) is 0.622. The molecule has 3 heterocycles. The van der Waals surface area contributed by atoms with Gasteiger partial charge in [0.2, 0.25) is 0 Å². The van der Waals surface area contributed by atoms with Crippen LogP contribution in [0.1, 0.15) is 16.8 Å². The Kier molecular flexibility index (Phi) is 4.87. The third-order valence-electron chi connectivity index (χ3n) is 4.41. The van der Waals surface area contributed by atoms with Crippen LogP contribution >= 0.6 is 0 Å². The summed E-state index contributed by atoms with van der Waals surface area (Å²) in [4.78, 5) is 4.63. The molecule has 0 radical (unpaired) electrons. The molecule has 0 unspecified atom stereocenters. The first-order valence-electron chi connectivity index (χ1n) is 8.86. The fourth-order valence-corrected chi connectivity index (χ4v) is 3.19. The predicted octanol–water partition coefficient (Wildman–Crippen LogP) is 1.72. The normalized spacial score (nSPS) is 16.5. The van der Waals surface area contributed by atoms with Crippen molar-refractivity contribution in [2.45, 2.75) is 6.54 Å². The van der Waals surface area contributed by atoms with Gasteiger partial charge < -0.3 is 29.8 Å². The summed E-state index contributed by atoms with van der Waals surface area (Å²) in [5, 5.41) is 3.14. The van der Waals surface area contributed by atoms with Crippen LogP contribution in [0.3, 0.4) is 0 Å². The minimum absolute atomic E-state index is 0.433. The zero-order chi connectivity index (χ0) is 18.6. The van der Waals surface area contributed by atoms with Gasteiger partial charge in [-0.3, -0.25) is 4.99 Å². The van der Waals surface area contributed by atoms with Gasteiger partial charge in [0.1, 0.15) is 19.0 Å². The van der Waals surface area contributed by atoms with E-state index in [9.17, 15) is 0 Å². The van der Waals surface area contributed by atoms with Gasteiger partial charge in [0, 0.05) is 24.4 Å². The summed E-state index contributed by atoms with van der Waals surface area (Å²) >= 11 is 0. The Morgan fingerprint density at radius 3 is 3.07 bits per heavy atom. The van der Waals surface area contributed by atoms with Crippen molar-refractivity contribution < 1.29 is 14.2 Å². The topological polar surface area (TPSA) is 83.0 Å². The number of rotatable bonds is 5. The summed E-state index contributed by atoms with van der Waals surface area (Å²) in [5.74, 6) is 2.73. The van der Waals surface area contributed by atoms with Gasteiger partial charge >= 0.3 is 0 Å². The van der Waals surface area contributed by atoms with E-state index in [1.165, 1.54) is 0 Å². The van der Waals surface area contributed by atoms with Gasteiger partial charge in [-0.15, -0.1) is 0 Å². The minimum Gasteiger partial charge on any atom is -0.486 e. The van der Waals surface area contributed by atoms with Gasteiger partial charge in [0.05, 0.1) is 25.4 Å². The van der Waals surface area contributed by atoms with Gasteiger partial charge in [-0.05, 0) is 18.2 Å². The largest absolute Gasteiger partial charge is 0.486 e. The maximum Gasteiger partial charge on any atom is 0.166 e. The highest BCUT2D eigenvalue weighted by atomic mass is 16.6. The van der Waals surface area contributed by atoms with Crippen LogP contribution in [0, 0.1) is 0 Å². The van der Waals surface area contributed by atoms with E-state index in [1.807, 2.05) is 36.5 Å². The lowest BCUT2D eigenvalue weighted by Crippen LogP contribution is -2.30. The number of nitrogens with zero attached hydrogens (tertiary/aromatic N) is 2. The molecule has 0 fully saturated rings. The third-order valence-corrected chi connectivity index (χ3v) is 4.41. The highest BCUT2D eigenvalue weighted by Gasteiger charge is 2.20. The van der Waals surface area contributed by atoms with E-state index < -0.39 is 0 Å². The van der Waals surface area contributed by atoms with E-state index >= 15 is 0 Å². The lowest BCUT2D eigenvalue weighted by Gasteiger charge is -2.22. The number of fused-ring (bicyclic) bond motifs is 2. The molecule has 1 aromatic heterocycles. The molecule has 27 heavy (non-hydrogen) atoms. The summed E-state index contributed by atoms with van der Waals surface area (Å²) < 4.78 is 18.8. The number of ether oxygens (including phenoxy) is 3. The van der Waals surface area contributed by atoms with Gasteiger partial charge in [-0.2, -0.15) is 0 Å². The first-order valence-corrected chi connectivity index (χ1v) is 8.86. The van der Waals surface area contributed by atoms with Crippen molar-refractivity contribution in [3.8, 4) is 11.5 Å². The zero-order valence-corrected chi connectivity index (χ0v) is 15.2. The van der Waals surface area contributed by atoms with E-state index in [4.69, 9.17) is 19.9 Å². The second kappa shape index (κ2) is 7.61. The first kappa shape index (κ1) is 17.3. The van der Waals surface area contributed by atoms with Crippen molar-refractivity contribution in [1.29, 1.82) is 0 Å². The fraction of sp³-hybridized carbons (Fsp3) is 0.300. The molecule has 140 valence electrons. The van der Waals surface area contributed by atoms with Crippen LogP contribution in [-0.4, -0.2) is 43.9 Å². The smallest absolute Gasteiger partial charge is 0.166 e. The molecule has 2 aromatic rings. The molecular formula is C20H22N4O3. The Hall–Kier alpha value is -3.15. The van der Waals surface area contributed by atoms with Crippen LogP contribution in [0.4, 0.5) is 0 Å². The molecule has 4 rings (SSSR count). The van der Waals surface area contributed by atoms with Gasteiger partial charge in [-0.1, -0.05) is 17.9 Å². The SMILES string of the molecule is COCCN=C1NC(N)=C=Cc2ccn(Cc3cccc4c3OCCO4)c21. The Morgan fingerprint density at radius 1 is 1.30 bits per heavy atom. The second-order valence-electron chi connectivity index (χ2n) is 6.24. The number of nitrogens with two attached hydrogens (primary N) is 1. The summed E-state index contributed by atoms with van der Waals surface area (Å²) in [6, 6.07) is 7.99. The Morgan fingerprint density at radius 2 is 2.19 bits per heavy atom. The van der Waals surface area contributed by atoms with Crippen molar-refractivity contribution in [1.82, 2.24) is 9.88 Å². The molecule has 3 N–H and O–H groups in total. The van der Waals surface area contributed by atoms with E-state index in [2.05, 4.69) is 20.6 Å². The number of nitrogens with one attached hydrogen (secondary N) is 1. The fourth-order valence-electron chi connectivity index (χ4n) is 3.19. The molecule has 2 aliphatic rings. The van der Waals surface area contributed by atoms with Crippen molar-refractivity contribution in [3.63, 3.8) is 0 Å². The number of para-hydroxylation sites is 1. The first-order chi connectivity index (χ1) is 13.3. The molecule has 0 spiro atoms. The predicted molar refractivity (Wildman–Crippen MR) is 103 cm³/mol. The maximum absolute atomic E-state index is 5.97. The van der Waals surface area contributed by atoms with Gasteiger partial charge in [0.15, 0.2) is 17.3 Å². The molecule has 0 saturated heterocycles. The molecular weight excluding hydrogens is 344 g/mol. The summed E-state index contributed by atoms with van der Waals surface area (Å²) in [6.45, 7) is 2.83. The summed E-state index contributed by atoms with van der Waals surface area (Å²) in [6.07, 6.45) is 3.90. The lowest BCUT2D eigenvalue weighted by atomic mass is 10.1. The lowest BCUT2D eigenvalue weighted by molar-refractivity contribution is 0.169. The standard InChI is InChI=1S/C20H22N4O3/c1-25-10-8-22-20-18-14(5-6-17(21)23-20)7-9-24(18)13-15-3-2-4-16-19(15)27-12-11-26-16/h2-5,7,9H,8,10-13,21H2,1H3,(H,22,23). The molecule has 0 aliphatic carbocycles. The Balaban J connectivity index is 1.71. The van der Waals surface area contributed by atoms with E-state index in [0.29, 0.717) is 44.6 Å². The highest BCUT2D eigenvalue weighted by Crippen LogP contribution is 2.34. The van der Waals surface area contributed by atoms with Crippen molar-refractivity contribution in [2.75, 3.05) is 33.5 Å². The van der Waals surface area contributed by atoms with Crippen LogP contribution in [0.2, 0.25) is 0 Å². The van der Waals surface area contributed by atoms with Gasteiger partial charge in [0.25, 0.3) is 0 Å². The highest BCUT2D eigenvalue weighted by molar-refractivity contribution is 6.02. The van der Waals surface area contributed by atoms with E-state index in [1.54, 1.807) is 7.11 Å². The maximum atomic E-state index is 5.97. The second-order valence-corrected chi connectivity index (χ2v) is 6.24. The molecule has 7 nitrogen and oxygen atoms in total. The summed E-state index contributed by atoms with van der Waals surface area (Å²) in [5.41, 5.74) is 12.0. The Labute approximate surface area is 157 Å². The monoisotopic (exact) mass is 366 g/mol. The minimum atomic E-state index is 0.433. The molecule has 1 aromatic carbocycles. The average molecular weight is 366 g/mol. The van der Waals surface area contributed by atoms with Gasteiger partial charge in [-0.25, -0.2) is 0 Å². The number of hydrogen-bond acceptors (Lipinski definition) is 5. The number of aliphatic imine (C=N–C) groups is 1. The van der Waals surface area contributed by atoms with Crippen LogP contribution in [0.25, 0.3) is 6.08 Å². The molecule has 0 bridgehead atoms. The number of hydrogen-bond donors (Lipinski definition) is 2. The van der Waals surface area contributed by atoms with Crippen LogP contribution in [-0.2, 0) is 11.3 Å². The summed E-state index contributed by atoms with van der Waals surface area (Å²) in [7, 11) is 1.66. The molecule has 0 atom stereocenters. The number of aromatic nitrogens is 1. The van der Waals surface area contributed by atoms with Crippen molar-refractivity contribution in [2.24, 2.45) is 10.7 Å². The third kappa shape index (κ3) is 3.56. The van der Waals surface area contributed by atoms with Crippen LogP contribution in [0.5, 0.6) is 11.5 Å². The van der Waals surface area contributed by atoms with E-state index in [-0.39, 0.29) is 0 Å². The van der Waals surface area contributed by atoms with E-state index in [0.717, 1.165) is 28.3 Å². The van der Waals surface area contributed by atoms with Crippen LogP contribution in [0.15, 0.2) is 47.0 Å². The molecule has 0 amide bonds. The number of amidine groups is 1. The average Bonchev–Trinajstić information content (AvgIpc) is 3.01. The van der Waals surface area contributed by atoms with Crippen LogP contribution < -0.4 is 20.5 Å². The van der Waals surface area contributed by atoms with Crippen molar-refractivity contribution in [3.05, 3.63) is 58.8 Å². The Bertz CT molecular complexity index is 939. The molecule has 0 saturated carbocycles. The zero-order valence-electron chi connectivity index (χ0n) is 15.2. The molecule has 7 heteroatoms. The van der Waals surface area contributed by atoms with Crippen molar-refractivity contribution >= 4 is 11.9 Å². The number of benzene rings is 1.